The molecule has 2 aliphatic heterocycles. The van der Waals surface area contributed by atoms with Gasteiger partial charge in [-0.15, -0.1) is 0 Å². The van der Waals surface area contributed by atoms with Crippen molar-refractivity contribution in [2.24, 2.45) is 17.3 Å². The monoisotopic (exact) mass is 402 g/mol. The molecule has 8 nitrogen and oxygen atoms in total. The second kappa shape index (κ2) is 12.0. The fraction of sp³-hybridized carbons (Fsp3) is 0.850. The lowest BCUT2D eigenvalue weighted by Gasteiger charge is -2.39. The molecule has 0 radical (unpaired) electrons. The van der Waals surface area contributed by atoms with Crippen LogP contribution >= 0.6 is 0 Å². The quantitative estimate of drug-likeness (QED) is 0.451. The average molecular weight is 402 g/mol. The summed E-state index contributed by atoms with van der Waals surface area (Å²) in [7, 11) is 0. The Morgan fingerprint density at radius 1 is 1.04 bits per heavy atom. The largest absolute Gasteiger partial charge is 0.462 e. The van der Waals surface area contributed by atoms with Crippen LogP contribution in [0.4, 0.5) is 0 Å². The fourth-order valence-electron chi connectivity index (χ4n) is 2.26. The highest BCUT2D eigenvalue weighted by molar-refractivity contribution is 5.77. The summed E-state index contributed by atoms with van der Waals surface area (Å²) < 4.78 is 25.1. The molecule has 1 atom stereocenters. The van der Waals surface area contributed by atoms with Crippen molar-refractivity contribution in [3.8, 4) is 0 Å². The van der Waals surface area contributed by atoms with E-state index in [2.05, 4.69) is 0 Å². The number of carbonyl (C=O) groups is 3. The molecule has 0 N–H and O–H groups in total. The van der Waals surface area contributed by atoms with E-state index in [0.29, 0.717) is 19.8 Å². The van der Waals surface area contributed by atoms with E-state index in [-0.39, 0.29) is 42.1 Å². The molecule has 2 heterocycles. The number of rotatable bonds is 8. The van der Waals surface area contributed by atoms with Gasteiger partial charge in [-0.05, 0) is 12.8 Å². The van der Waals surface area contributed by atoms with Crippen LogP contribution < -0.4 is 0 Å². The molecule has 0 bridgehead atoms. The predicted molar refractivity (Wildman–Crippen MR) is 100 cm³/mol. The van der Waals surface area contributed by atoms with Crippen molar-refractivity contribution in [3.05, 3.63) is 0 Å². The van der Waals surface area contributed by atoms with E-state index < -0.39 is 5.97 Å². The molecule has 1 unspecified atom stereocenters. The van der Waals surface area contributed by atoms with Crippen molar-refractivity contribution in [1.29, 1.82) is 0 Å². The van der Waals surface area contributed by atoms with Gasteiger partial charge in [0.25, 0.3) is 0 Å². The van der Waals surface area contributed by atoms with Crippen molar-refractivity contribution in [1.82, 2.24) is 0 Å². The Labute approximate surface area is 167 Å². The topological polar surface area (TPSA) is 97.4 Å². The van der Waals surface area contributed by atoms with Gasteiger partial charge in [-0.3, -0.25) is 9.59 Å². The lowest BCUT2D eigenvalue weighted by atomic mass is 9.84. The standard InChI is InChI=1S/C12H20O5.C8H14O3/c1-4-12(6-15-7-12)8-17-10(13)5-16-11(14)9(2)3;1-6(2)8(9)11-7-4-3-5-10-7/h9H,4-8H2,1-3H3;6-7H,3-5H2,1-2H3. The summed E-state index contributed by atoms with van der Waals surface area (Å²) in [5.74, 6) is -1.35. The Kier molecular flexibility index (Phi) is 10.5. The zero-order valence-electron chi connectivity index (χ0n) is 17.7. The van der Waals surface area contributed by atoms with Crippen LogP contribution in [0.15, 0.2) is 0 Å². The Hall–Kier alpha value is -1.67. The fourth-order valence-corrected chi connectivity index (χ4v) is 2.26. The first-order valence-corrected chi connectivity index (χ1v) is 9.91. The number of ether oxygens (including phenoxy) is 5. The molecule has 0 spiro atoms. The molecular weight excluding hydrogens is 368 g/mol. The van der Waals surface area contributed by atoms with Gasteiger partial charge in [-0.25, -0.2) is 4.79 Å². The third kappa shape index (κ3) is 8.56. The van der Waals surface area contributed by atoms with Gasteiger partial charge in [-0.1, -0.05) is 34.6 Å². The van der Waals surface area contributed by atoms with Gasteiger partial charge in [0.15, 0.2) is 6.61 Å². The Morgan fingerprint density at radius 2 is 1.68 bits per heavy atom. The minimum Gasteiger partial charge on any atom is -0.462 e. The van der Waals surface area contributed by atoms with E-state index in [4.69, 9.17) is 23.7 Å². The number of esters is 3. The van der Waals surface area contributed by atoms with Crippen molar-refractivity contribution >= 4 is 17.9 Å². The highest BCUT2D eigenvalue weighted by atomic mass is 16.7. The second-order valence-corrected chi connectivity index (χ2v) is 7.80. The summed E-state index contributed by atoms with van der Waals surface area (Å²) in [6.07, 6.45) is 2.48. The molecular formula is C20H34O8. The van der Waals surface area contributed by atoms with Gasteiger partial charge in [0.1, 0.15) is 6.61 Å². The number of carbonyl (C=O) groups excluding carboxylic acids is 3. The van der Waals surface area contributed by atoms with E-state index in [9.17, 15) is 14.4 Å². The Balaban J connectivity index is 0.000000307. The highest BCUT2D eigenvalue weighted by Gasteiger charge is 2.38. The minimum absolute atomic E-state index is 0.0300. The molecule has 0 aromatic carbocycles. The van der Waals surface area contributed by atoms with Crippen molar-refractivity contribution < 1.29 is 38.1 Å². The summed E-state index contributed by atoms with van der Waals surface area (Å²) in [6, 6.07) is 0. The van der Waals surface area contributed by atoms with E-state index in [1.807, 2.05) is 20.8 Å². The zero-order chi connectivity index (χ0) is 21.2. The van der Waals surface area contributed by atoms with Crippen LogP contribution in [-0.4, -0.2) is 57.2 Å². The molecule has 0 aromatic heterocycles. The summed E-state index contributed by atoms with van der Waals surface area (Å²) in [6.45, 7) is 11.1. The maximum Gasteiger partial charge on any atom is 0.344 e. The first-order valence-electron chi connectivity index (χ1n) is 9.91. The summed E-state index contributed by atoms with van der Waals surface area (Å²) in [5, 5.41) is 0. The Bertz CT molecular complexity index is 499. The zero-order valence-corrected chi connectivity index (χ0v) is 17.7. The molecule has 0 aromatic rings. The first-order chi connectivity index (χ1) is 13.2. The summed E-state index contributed by atoms with van der Waals surface area (Å²) in [5.41, 5.74) is -0.0300. The van der Waals surface area contributed by atoms with Crippen LogP contribution in [0.3, 0.4) is 0 Å². The normalized spacial score (nSPS) is 20.0. The molecule has 2 aliphatic rings. The van der Waals surface area contributed by atoms with Gasteiger partial charge in [0.05, 0.1) is 37.1 Å². The highest BCUT2D eigenvalue weighted by Crippen LogP contribution is 2.31. The smallest absolute Gasteiger partial charge is 0.344 e. The van der Waals surface area contributed by atoms with E-state index >= 15 is 0 Å². The molecule has 2 rings (SSSR count). The molecule has 0 amide bonds. The molecule has 0 saturated carbocycles. The van der Waals surface area contributed by atoms with Crippen LogP contribution in [0.5, 0.6) is 0 Å². The van der Waals surface area contributed by atoms with Crippen LogP contribution in [0.2, 0.25) is 0 Å². The lowest BCUT2D eigenvalue weighted by Crippen LogP contribution is -2.46. The minimum atomic E-state index is -0.501. The summed E-state index contributed by atoms with van der Waals surface area (Å²) >= 11 is 0. The number of hydrogen-bond donors (Lipinski definition) is 0. The van der Waals surface area contributed by atoms with Crippen LogP contribution in [-0.2, 0) is 38.1 Å². The SMILES string of the molecule is CC(C)C(=O)OC1CCCO1.CCC1(COC(=O)COC(=O)C(C)C)COC1. The molecule has 8 heteroatoms. The van der Waals surface area contributed by atoms with Crippen LogP contribution in [0, 0.1) is 17.3 Å². The van der Waals surface area contributed by atoms with E-state index in [1.54, 1.807) is 13.8 Å². The van der Waals surface area contributed by atoms with Crippen molar-refractivity contribution in [2.45, 2.75) is 60.2 Å². The lowest BCUT2D eigenvalue weighted by molar-refractivity contribution is -0.177. The van der Waals surface area contributed by atoms with Gasteiger partial charge in [0, 0.05) is 6.42 Å². The van der Waals surface area contributed by atoms with Gasteiger partial charge < -0.3 is 23.7 Å². The maximum absolute atomic E-state index is 11.3. The van der Waals surface area contributed by atoms with Crippen LogP contribution in [0.1, 0.15) is 53.9 Å². The van der Waals surface area contributed by atoms with E-state index in [1.165, 1.54) is 0 Å². The summed E-state index contributed by atoms with van der Waals surface area (Å²) in [4.78, 5) is 33.5. The molecule has 2 saturated heterocycles. The molecule has 28 heavy (non-hydrogen) atoms. The predicted octanol–water partition coefficient (Wildman–Crippen LogP) is 2.48. The van der Waals surface area contributed by atoms with E-state index in [0.717, 1.165) is 25.9 Å². The van der Waals surface area contributed by atoms with Crippen LogP contribution in [0.25, 0.3) is 0 Å². The maximum atomic E-state index is 11.3. The van der Waals surface area contributed by atoms with Gasteiger partial charge in [-0.2, -0.15) is 0 Å². The third-order valence-electron chi connectivity index (χ3n) is 4.52. The first kappa shape index (κ1) is 24.4. The third-order valence-corrected chi connectivity index (χ3v) is 4.52. The second-order valence-electron chi connectivity index (χ2n) is 7.80. The molecule has 162 valence electrons. The van der Waals surface area contributed by atoms with Crippen molar-refractivity contribution in [3.63, 3.8) is 0 Å². The van der Waals surface area contributed by atoms with Gasteiger partial charge >= 0.3 is 17.9 Å². The Morgan fingerprint density at radius 3 is 2.11 bits per heavy atom. The molecule has 2 fully saturated rings. The number of hydrogen-bond acceptors (Lipinski definition) is 8. The average Bonchev–Trinajstić information content (AvgIpc) is 3.12. The van der Waals surface area contributed by atoms with Gasteiger partial charge in [0.2, 0.25) is 6.29 Å². The molecule has 0 aliphatic carbocycles. The van der Waals surface area contributed by atoms with Crippen molar-refractivity contribution in [2.75, 3.05) is 33.0 Å².